The molecule has 178 valence electrons. The van der Waals surface area contributed by atoms with Gasteiger partial charge in [0.25, 0.3) is 15.9 Å². The highest BCUT2D eigenvalue weighted by Crippen LogP contribution is 2.39. The third kappa shape index (κ3) is 4.58. The molecule has 3 N–H and O–H groups in total. The number of pyridine rings is 2. The number of benzene rings is 1. The minimum absolute atomic E-state index is 0.0372. The van der Waals surface area contributed by atoms with E-state index in [0.717, 1.165) is 12.0 Å². The molecule has 3 heterocycles. The molecule has 1 aliphatic heterocycles. The highest BCUT2D eigenvalue weighted by Gasteiger charge is 2.41. The van der Waals surface area contributed by atoms with E-state index >= 15 is 0 Å². The molecule has 1 atom stereocenters. The molecular weight excluding hydrogens is 474 g/mol. The molecule has 1 amide bonds. The Bertz CT molecular complexity index is 1340. The molecule has 8 nitrogen and oxygen atoms in total. The fourth-order valence-corrected chi connectivity index (χ4v) is 5.13. The predicted molar refractivity (Wildman–Crippen MR) is 133 cm³/mol. The van der Waals surface area contributed by atoms with Crippen molar-refractivity contribution in [3.8, 4) is 11.1 Å². The van der Waals surface area contributed by atoms with Gasteiger partial charge in [-0.25, -0.2) is 14.7 Å². The van der Waals surface area contributed by atoms with Crippen molar-refractivity contribution in [1.82, 2.24) is 14.7 Å². The van der Waals surface area contributed by atoms with Gasteiger partial charge in [0, 0.05) is 28.9 Å². The lowest BCUT2D eigenvalue weighted by molar-refractivity contribution is 0.0981. The Hall–Kier alpha value is -3.17. The summed E-state index contributed by atoms with van der Waals surface area (Å²) in [5.74, 6) is 0.0368. The van der Waals surface area contributed by atoms with E-state index in [1.165, 1.54) is 18.2 Å². The van der Waals surface area contributed by atoms with Crippen LogP contribution >= 0.6 is 11.6 Å². The second-order valence-corrected chi connectivity index (χ2v) is 11.0. The number of nitrogen functional groups attached to an aromatic ring is 1. The molecular formula is C24H26ClN5O3S. The summed E-state index contributed by atoms with van der Waals surface area (Å²) in [6, 6.07) is 13.0. The van der Waals surface area contributed by atoms with Gasteiger partial charge in [0.05, 0.1) is 5.56 Å². The van der Waals surface area contributed by atoms with Crippen molar-refractivity contribution in [3.05, 3.63) is 65.3 Å². The van der Waals surface area contributed by atoms with Crippen molar-refractivity contribution in [1.29, 1.82) is 0 Å². The number of nitrogens with one attached hydrogen (secondary N) is 1. The third-order valence-electron chi connectivity index (χ3n) is 6.48. The molecule has 1 saturated heterocycles. The Morgan fingerprint density at radius 1 is 1.18 bits per heavy atom. The summed E-state index contributed by atoms with van der Waals surface area (Å²) in [6.45, 7) is 7.03. The second kappa shape index (κ2) is 8.88. The Labute approximate surface area is 204 Å². The van der Waals surface area contributed by atoms with Crippen molar-refractivity contribution in [2.75, 3.05) is 17.2 Å². The van der Waals surface area contributed by atoms with E-state index in [1.54, 1.807) is 24.4 Å². The van der Waals surface area contributed by atoms with E-state index in [-0.39, 0.29) is 21.9 Å². The summed E-state index contributed by atoms with van der Waals surface area (Å²) in [7, 11) is -4.25. The number of anilines is 2. The molecule has 1 aromatic carbocycles. The number of carbonyl (C=O) groups excluding carboxylic acids is 1. The molecule has 0 saturated carbocycles. The number of nitrogens with zero attached hydrogens (tertiary/aromatic N) is 3. The molecule has 2 aromatic heterocycles. The molecule has 0 aliphatic carbocycles. The maximum Gasteiger partial charge on any atom is 0.281 e. The standard InChI is InChI=1S/C24H26ClN5O3S/c1-15-11-12-30(24(15,2)3)22-19(13-17(14-27-22)16-7-9-18(25)10-8-16)23(31)29-34(32,33)21-6-4-5-20(26)28-21/h4-10,13-15H,11-12H2,1-3H3,(H2,26,28)(H,29,31). The number of aromatic nitrogens is 2. The van der Waals surface area contributed by atoms with Gasteiger partial charge < -0.3 is 10.6 Å². The van der Waals surface area contributed by atoms with E-state index in [4.69, 9.17) is 17.3 Å². The number of carbonyl (C=O) groups is 1. The highest BCUT2D eigenvalue weighted by molar-refractivity contribution is 7.90. The lowest BCUT2D eigenvalue weighted by Crippen LogP contribution is -2.43. The van der Waals surface area contributed by atoms with Crippen LogP contribution in [0.4, 0.5) is 11.6 Å². The first-order valence-corrected chi connectivity index (χ1v) is 12.7. The van der Waals surface area contributed by atoms with Gasteiger partial charge in [0.15, 0.2) is 5.03 Å². The van der Waals surface area contributed by atoms with Crippen LogP contribution in [0.25, 0.3) is 11.1 Å². The molecule has 34 heavy (non-hydrogen) atoms. The molecule has 4 rings (SSSR count). The number of rotatable bonds is 5. The van der Waals surface area contributed by atoms with Crippen LogP contribution in [-0.4, -0.2) is 36.4 Å². The van der Waals surface area contributed by atoms with Crippen molar-refractivity contribution < 1.29 is 13.2 Å². The van der Waals surface area contributed by atoms with E-state index in [2.05, 4.69) is 40.4 Å². The van der Waals surface area contributed by atoms with Gasteiger partial charge in [-0.05, 0) is 62.1 Å². The maximum atomic E-state index is 13.4. The summed E-state index contributed by atoms with van der Waals surface area (Å²) in [5.41, 5.74) is 6.98. The molecule has 3 aromatic rings. The fourth-order valence-electron chi connectivity index (χ4n) is 4.06. The van der Waals surface area contributed by atoms with E-state index in [9.17, 15) is 13.2 Å². The number of sulfonamides is 1. The average molecular weight is 500 g/mol. The Morgan fingerprint density at radius 2 is 1.88 bits per heavy atom. The molecule has 1 fully saturated rings. The first-order valence-electron chi connectivity index (χ1n) is 10.8. The SMILES string of the molecule is CC1CCN(c2ncc(-c3ccc(Cl)cc3)cc2C(=O)NS(=O)(=O)c2cccc(N)n2)C1(C)C. The van der Waals surface area contributed by atoms with Gasteiger partial charge in [-0.1, -0.05) is 36.7 Å². The van der Waals surface area contributed by atoms with Crippen molar-refractivity contribution in [2.24, 2.45) is 5.92 Å². The number of hydrogen-bond acceptors (Lipinski definition) is 7. The van der Waals surface area contributed by atoms with Gasteiger partial charge in [0.2, 0.25) is 0 Å². The Balaban J connectivity index is 1.78. The zero-order valence-corrected chi connectivity index (χ0v) is 20.7. The lowest BCUT2D eigenvalue weighted by Gasteiger charge is -2.36. The highest BCUT2D eigenvalue weighted by atomic mass is 35.5. The number of nitrogens with two attached hydrogens (primary N) is 1. The normalized spacial score (nSPS) is 17.5. The van der Waals surface area contributed by atoms with Crippen LogP contribution < -0.4 is 15.4 Å². The molecule has 1 aliphatic rings. The summed E-state index contributed by atoms with van der Waals surface area (Å²) in [5, 5.41) is 0.249. The first-order chi connectivity index (χ1) is 16.0. The van der Waals surface area contributed by atoms with Crippen LogP contribution in [0.2, 0.25) is 5.02 Å². The van der Waals surface area contributed by atoms with Crippen LogP contribution in [0.1, 0.15) is 37.6 Å². The first kappa shape index (κ1) is 24.0. The van der Waals surface area contributed by atoms with Crippen LogP contribution in [0.15, 0.2) is 59.8 Å². The van der Waals surface area contributed by atoms with Crippen LogP contribution in [0.3, 0.4) is 0 Å². The second-order valence-electron chi connectivity index (χ2n) is 8.93. The third-order valence-corrected chi connectivity index (χ3v) is 7.96. The smallest absolute Gasteiger partial charge is 0.281 e. The number of hydrogen-bond donors (Lipinski definition) is 2. The predicted octanol–water partition coefficient (Wildman–Crippen LogP) is 4.12. The van der Waals surface area contributed by atoms with E-state index < -0.39 is 15.9 Å². The van der Waals surface area contributed by atoms with Crippen molar-refractivity contribution in [3.63, 3.8) is 0 Å². The van der Waals surface area contributed by atoms with Gasteiger partial charge >= 0.3 is 0 Å². The molecule has 10 heteroatoms. The fraction of sp³-hybridized carbons (Fsp3) is 0.292. The number of halogens is 1. The van der Waals surface area contributed by atoms with Crippen LogP contribution in [0, 0.1) is 5.92 Å². The maximum absolute atomic E-state index is 13.4. The summed E-state index contributed by atoms with van der Waals surface area (Å²) >= 11 is 6.01. The molecule has 0 spiro atoms. The lowest BCUT2D eigenvalue weighted by atomic mass is 9.90. The van der Waals surface area contributed by atoms with Crippen molar-refractivity contribution >= 4 is 39.2 Å². The summed E-state index contributed by atoms with van der Waals surface area (Å²) in [6.07, 6.45) is 2.61. The van der Waals surface area contributed by atoms with Crippen LogP contribution in [-0.2, 0) is 10.0 Å². The zero-order chi connectivity index (χ0) is 24.7. The van der Waals surface area contributed by atoms with Crippen LogP contribution in [0.5, 0.6) is 0 Å². The Morgan fingerprint density at radius 3 is 2.50 bits per heavy atom. The minimum Gasteiger partial charge on any atom is -0.384 e. The Kier molecular flexibility index (Phi) is 6.26. The van der Waals surface area contributed by atoms with Gasteiger partial charge in [-0.15, -0.1) is 0 Å². The molecule has 1 unspecified atom stereocenters. The minimum atomic E-state index is -4.25. The quantitative estimate of drug-likeness (QED) is 0.542. The van der Waals surface area contributed by atoms with Gasteiger partial charge in [-0.2, -0.15) is 8.42 Å². The molecule has 0 radical (unpaired) electrons. The number of amides is 1. The molecule has 0 bridgehead atoms. The van der Waals surface area contributed by atoms with E-state index in [0.29, 0.717) is 28.9 Å². The van der Waals surface area contributed by atoms with E-state index in [1.807, 2.05) is 12.1 Å². The van der Waals surface area contributed by atoms with Gasteiger partial charge in [0.1, 0.15) is 11.6 Å². The average Bonchev–Trinajstić information content (AvgIpc) is 3.05. The summed E-state index contributed by atoms with van der Waals surface area (Å²) in [4.78, 5) is 23.9. The topological polar surface area (TPSA) is 118 Å². The van der Waals surface area contributed by atoms with Gasteiger partial charge in [-0.3, -0.25) is 4.79 Å². The zero-order valence-electron chi connectivity index (χ0n) is 19.1. The van der Waals surface area contributed by atoms with Crippen molar-refractivity contribution in [2.45, 2.75) is 37.8 Å². The monoisotopic (exact) mass is 499 g/mol. The largest absolute Gasteiger partial charge is 0.384 e. The summed E-state index contributed by atoms with van der Waals surface area (Å²) < 4.78 is 27.9.